The molecule has 0 saturated carbocycles. The second kappa shape index (κ2) is 9.20. The molecule has 0 saturated heterocycles. The maximum atomic E-state index is 12.2. The van der Waals surface area contributed by atoms with E-state index in [-0.39, 0.29) is 34.9 Å². The Morgan fingerprint density at radius 2 is 1.55 bits per heavy atom. The molecule has 3 aromatic rings. The molecule has 1 heterocycles. The van der Waals surface area contributed by atoms with Crippen LogP contribution >= 0.6 is 23.2 Å². The Kier molecular flexibility index (Phi) is 6.38. The molecule has 1 aromatic heterocycles. The van der Waals surface area contributed by atoms with Crippen LogP contribution in [0.4, 0.5) is 4.79 Å². The maximum Gasteiger partial charge on any atom is 0.407 e. The Morgan fingerprint density at radius 1 is 1.00 bits per heavy atom. The van der Waals surface area contributed by atoms with E-state index in [1.54, 1.807) is 0 Å². The Morgan fingerprint density at radius 3 is 2.13 bits per heavy atom. The number of carbonyl (C=O) groups excluding carboxylic acids is 1. The Hall–Kier alpha value is -2.71. The fourth-order valence-corrected chi connectivity index (χ4v) is 4.28. The lowest BCUT2D eigenvalue weighted by molar-refractivity contribution is 0.0183. The highest BCUT2D eigenvalue weighted by Gasteiger charge is 2.29. The summed E-state index contributed by atoms with van der Waals surface area (Å²) in [6.07, 6.45) is -2.44. The minimum Gasteiger partial charge on any atom is -0.449 e. The van der Waals surface area contributed by atoms with Crippen molar-refractivity contribution in [1.82, 2.24) is 15.3 Å². The van der Waals surface area contributed by atoms with E-state index < -0.39 is 18.3 Å². The van der Waals surface area contributed by atoms with E-state index in [2.05, 4.69) is 27.4 Å². The minimum atomic E-state index is -1.48. The first kappa shape index (κ1) is 21.5. The van der Waals surface area contributed by atoms with Gasteiger partial charge in [0.1, 0.15) is 35.4 Å². The maximum absolute atomic E-state index is 12.2. The van der Waals surface area contributed by atoms with Crippen LogP contribution in [0.15, 0.2) is 54.9 Å². The topological polar surface area (TPSA) is 105 Å². The molecule has 3 N–H and O–H groups in total. The first-order valence-electron chi connectivity index (χ1n) is 9.58. The summed E-state index contributed by atoms with van der Waals surface area (Å²) in [6, 6.07) is 16.0. The molecule has 0 radical (unpaired) electrons. The summed E-state index contributed by atoms with van der Waals surface area (Å²) in [5.41, 5.74) is 4.45. The van der Waals surface area contributed by atoms with Crippen LogP contribution < -0.4 is 5.32 Å². The van der Waals surface area contributed by atoms with Gasteiger partial charge < -0.3 is 20.3 Å². The van der Waals surface area contributed by atoms with Gasteiger partial charge in [-0.2, -0.15) is 0 Å². The van der Waals surface area contributed by atoms with E-state index in [4.69, 9.17) is 27.9 Å². The summed E-state index contributed by atoms with van der Waals surface area (Å²) >= 11 is 11.8. The van der Waals surface area contributed by atoms with Crippen molar-refractivity contribution in [2.24, 2.45) is 0 Å². The molecule has 7 nitrogen and oxygen atoms in total. The average molecular weight is 460 g/mol. The van der Waals surface area contributed by atoms with Crippen LogP contribution in [-0.2, 0) is 4.74 Å². The van der Waals surface area contributed by atoms with Gasteiger partial charge in [-0.05, 0) is 22.3 Å². The Labute approximate surface area is 188 Å². The predicted octanol–water partition coefficient (Wildman–Crippen LogP) is 3.72. The lowest BCUT2D eigenvalue weighted by Crippen LogP contribution is -2.36. The van der Waals surface area contributed by atoms with Gasteiger partial charge in [-0.1, -0.05) is 71.7 Å². The van der Waals surface area contributed by atoms with Gasteiger partial charge >= 0.3 is 6.09 Å². The number of alkyl carbamates (subject to hydrolysis) is 1. The first-order valence-corrected chi connectivity index (χ1v) is 10.3. The standard InChI is InChI=1S/C22H19Cl2N3O4/c23-20-18(21(24)27-11-26-20)19(29)17(28)9-25-22(30)31-10-16-14-7-3-1-5-12(14)13-6-2-4-8-15(13)16/h1-8,11,16-17,19,28-29H,9-10H2,(H,25,30). The SMILES string of the molecule is O=C(NCC(O)C(O)c1c(Cl)ncnc1Cl)OCC1c2ccccc2-c2ccccc21. The van der Waals surface area contributed by atoms with Crippen molar-refractivity contribution in [2.45, 2.75) is 18.1 Å². The third kappa shape index (κ3) is 4.36. The smallest absolute Gasteiger partial charge is 0.407 e. The van der Waals surface area contributed by atoms with E-state index in [1.807, 2.05) is 36.4 Å². The van der Waals surface area contributed by atoms with E-state index in [1.165, 1.54) is 0 Å². The third-order valence-corrected chi connectivity index (χ3v) is 5.85. The van der Waals surface area contributed by atoms with Gasteiger partial charge in [0.05, 0.1) is 5.56 Å². The second-order valence-corrected chi connectivity index (χ2v) is 7.80. The van der Waals surface area contributed by atoms with Crippen LogP contribution in [0.25, 0.3) is 11.1 Å². The van der Waals surface area contributed by atoms with Gasteiger partial charge in [0.15, 0.2) is 0 Å². The summed E-state index contributed by atoms with van der Waals surface area (Å²) in [5.74, 6) is -0.0762. The largest absolute Gasteiger partial charge is 0.449 e. The van der Waals surface area contributed by atoms with Crippen molar-refractivity contribution in [3.63, 3.8) is 0 Å². The van der Waals surface area contributed by atoms with Gasteiger partial charge in [0.25, 0.3) is 0 Å². The molecule has 0 spiro atoms. The molecule has 160 valence electrons. The molecule has 4 rings (SSSR count). The minimum absolute atomic E-state index is 0.00679. The number of carbonyl (C=O) groups is 1. The highest BCUT2D eigenvalue weighted by Crippen LogP contribution is 2.44. The fourth-order valence-electron chi connectivity index (χ4n) is 3.74. The van der Waals surface area contributed by atoms with Crippen molar-refractivity contribution < 1.29 is 19.7 Å². The molecule has 1 aliphatic rings. The second-order valence-electron chi connectivity index (χ2n) is 7.09. The quantitative estimate of drug-likeness (QED) is 0.485. The number of rotatable bonds is 6. The van der Waals surface area contributed by atoms with Gasteiger partial charge in [0.2, 0.25) is 0 Å². The normalized spacial score (nSPS) is 14.5. The van der Waals surface area contributed by atoms with Gasteiger partial charge in [0, 0.05) is 12.5 Å². The summed E-state index contributed by atoms with van der Waals surface area (Å²) in [5, 5.41) is 22.8. The van der Waals surface area contributed by atoms with Crippen LogP contribution in [0.3, 0.4) is 0 Å². The molecule has 1 aliphatic carbocycles. The van der Waals surface area contributed by atoms with Crippen LogP contribution in [-0.4, -0.2) is 45.5 Å². The first-order chi connectivity index (χ1) is 15.0. The molecule has 9 heteroatoms. The van der Waals surface area contributed by atoms with Crippen LogP contribution in [0.5, 0.6) is 0 Å². The number of aliphatic hydroxyl groups is 2. The lowest BCUT2D eigenvalue weighted by Gasteiger charge is -2.20. The van der Waals surface area contributed by atoms with Crippen molar-refractivity contribution in [2.75, 3.05) is 13.2 Å². The summed E-state index contributed by atoms with van der Waals surface area (Å²) in [6.45, 7) is -0.137. The van der Waals surface area contributed by atoms with Crippen LogP contribution in [0, 0.1) is 0 Å². The van der Waals surface area contributed by atoms with Gasteiger partial charge in [-0.25, -0.2) is 14.8 Å². The molecule has 0 fully saturated rings. The van der Waals surface area contributed by atoms with Crippen molar-refractivity contribution in [1.29, 1.82) is 0 Å². The molecule has 2 atom stereocenters. The number of amides is 1. The number of hydrogen-bond donors (Lipinski definition) is 3. The average Bonchev–Trinajstić information content (AvgIpc) is 3.09. The van der Waals surface area contributed by atoms with Crippen LogP contribution in [0.2, 0.25) is 10.3 Å². The van der Waals surface area contributed by atoms with Gasteiger partial charge in [-0.3, -0.25) is 0 Å². The fraction of sp³-hybridized carbons (Fsp3) is 0.227. The Bertz CT molecular complexity index is 1050. The zero-order valence-electron chi connectivity index (χ0n) is 16.2. The van der Waals surface area contributed by atoms with E-state index in [0.29, 0.717) is 0 Å². The van der Waals surface area contributed by atoms with E-state index in [9.17, 15) is 15.0 Å². The Balaban J connectivity index is 1.36. The zero-order valence-corrected chi connectivity index (χ0v) is 17.7. The lowest BCUT2D eigenvalue weighted by atomic mass is 9.98. The number of ether oxygens (including phenoxy) is 1. The predicted molar refractivity (Wildman–Crippen MR) is 116 cm³/mol. The zero-order chi connectivity index (χ0) is 22.0. The number of aliphatic hydroxyl groups excluding tert-OH is 2. The number of aromatic nitrogens is 2. The van der Waals surface area contributed by atoms with Crippen molar-refractivity contribution in [3.8, 4) is 11.1 Å². The molecular formula is C22H19Cl2N3O4. The van der Waals surface area contributed by atoms with E-state index >= 15 is 0 Å². The molecule has 0 aliphatic heterocycles. The molecule has 0 bridgehead atoms. The monoisotopic (exact) mass is 459 g/mol. The number of nitrogens with one attached hydrogen (secondary N) is 1. The number of nitrogens with zero attached hydrogens (tertiary/aromatic N) is 2. The molecule has 2 aromatic carbocycles. The number of hydrogen-bond acceptors (Lipinski definition) is 6. The highest BCUT2D eigenvalue weighted by molar-refractivity contribution is 6.34. The number of halogens is 2. The van der Waals surface area contributed by atoms with Crippen molar-refractivity contribution >= 4 is 29.3 Å². The highest BCUT2D eigenvalue weighted by atomic mass is 35.5. The van der Waals surface area contributed by atoms with Crippen molar-refractivity contribution in [3.05, 3.63) is 81.9 Å². The third-order valence-electron chi connectivity index (χ3n) is 5.25. The molecule has 2 unspecified atom stereocenters. The van der Waals surface area contributed by atoms with E-state index in [0.717, 1.165) is 28.6 Å². The number of benzene rings is 2. The summed E-state index contributed by atoms with van der Waals surface area (Å²) in [7, 11) is 0. The molecule has 1 amide bonds. The number of fused-ring (bicyclic) bond motifs is 3. The van der Waals surface area contributed by atoms with Gasteiger partial charge in [-0.15, -0.1) is 0 Å². The summed E-state index contributed by atoms with van der Waals surface area (Å²) < 4.78 is 5.40. The molecular weight excluding hydrogens is 441 g/mol. The summed E-state index contributed by atoms with van der Waals surface area (Å²) in [4.78, 5) is 19.7. The van der Waals surface area contributed by atoms with Crippen LogP contribution in [0.1, 0.15) is 28.7 Å². The molecule has 31 heavy (non-hydrogen) atoms.